The van der Waals surface area contributed by atoms with Crippen molar-refractivity contribution in [2.75, 3.05) is 19.6 Å². The maximum Gasteiger partial charge on any atom is 0.164 e. The quantitative estimate of drug-likeness (QED) is 0.661. The fourth-order valence-corrected chi connectivity index (χ4v) is 2.09. The minimum atomic E-state index is 0.252. The number of Topliss-reactive ketones (excluding diaryl/α,β-unsaturated/α-hetero) is 1. The number of carbonyl (C=O) groups excluding carboxylic acids is 1. The lowest BCUT2D eigenvalue weighted by molar-refractivity contribution is 0.0961. The zero-order valence-electron chi connectivity index (χ0n) is 12.8. The van der Waals surface area contributed by atoms with Crippen molar-refractivity contribution in [3.8, 4) is 0 Å². The smallest absolute Gasteiger partial charge is 0.164 e. The topological polar surface area (TPSA) is 20.3 Å². The number of carbonyl (C=O) groups is 1. The minimum Gasteiger partial charge on any atom is -0.303 e. The van der Waals surface area contributed by atoms with Gasteiger partial charge in [-0.1, -0.05) is 57.0 Å². The molecule has 1 unspecified atom stereocenters. The van der Waals surface area contributed by atoms with E-state index in [4.69, 9.17) is 0 Å². The highest BCUT2D eigenvalue weighted by atomic mass is 16.1. The van der Waals surface area contributed by atoms with Gasteiger partial charge in [0.15, 0.2) is 5.78 Å². The summed E-state index contributed by atoms with van der Waals surface area (Å²) in [6, 6.07) is 7.87. The van der Waals surface area contributed by atoms with Gasteiger partial charge in [-0.15, -0.1) is 0 Å². The summed E-state index contributed by atoms with van der Waals surface area (Å²) in [5.74, 6) is 0.956. The molecule has 0 spiro atoms. The van der Waals surface area contributed by atoms with Gasteiger partial charge >= 0.3 is 0 Å². The first-order valence-corrected chi connectivity index (χ1v) is 7.39. The molecule has 0 N–H and O–H groups in total. The molecule has 1 atom stereocenters. The Morgan fingerprint density at radius 1 is 1.21 bits per heavy atom. The third kappa shape index (κ3) is 5.56. The van der Waals surface area contributed by atoms with Gasteiger partial charge in [0.2, 0.25) is 0 Å². The van der Waals surface area contributed by atoms with Crippen LogP contribution < -0.4 is 0 Å². The molecule has 0 amide bonds. The van der Waals surface area contributed by atoms with E-state index in [0.717, 1.165) is 25.2 Å². The third-order valence-corrected chi connectivity index (χ3v) is 3.74. The Morgan fingerprint density at radius 3 is 2.37 bits per heavy atom. The van der Waals surface area contributed by atoms with E-state index in [1.54, 1.807) is 0 Å². The number of benzene rings is 1. The lowest BCUT2D eigenvalue weighted by Crippen LogP contribution is -2.30. The van der Waals surface area contributed by atoms with Gasteiger partial charge < -0.3 is 4.90 Å². The summed E-state index contributed by atoms with van der Waals surface area (Å²) in [6.07, 6.45) is 1.82. The summed E-state index contributed by atoms with van der Waals surface area (Å²) < 4.78 is 0. The van der Waals surface area contributed by atoms with Crippen LogP contribution in [-0.4, -0.2) is 30.3 Å². The van der Waals surface area contributed by atoms with Crippen LogP contribution in [0.15, 0.2) is 24.3 Å². The Balaban J connectivity index is 2.46. The average Bonchev–Trinajstić information content (AvgIpc) is 2.43. The average molecular weight is 261 g/mol. The van der Waals surface area contributed by atoms with Crippen molar-refractivity contribution < 1.29 is 4.79 Å². The van der Waals surface area contributed by atoms with Crippen LogP contribution >= 0.6 is 0 Å². The second-order valence-electron chi connectivity index (χ2n) is 5.45. The van der Waals surface area contributed by atoms with Gasteiger partial charge in [-0.2, -0.15) is 0 Å². The van der Waals surface area contributed by atoms with E-state index in [1.807, 2.05) is 31.2 Å². The van der Waals surface area contributed by atoms with Crippen LogP contribution in [0.1, 0.15) is 49.5 Å². The van der Waals surface area contributed by atoms with Crippen LogP contribution in [0.2, 0.25) is 0 Å². The molecule has 0 aliphatic rings. The standard InChI is InChI=1S/C17H27NO/c1-5-14(3)13-18(6-2)12-11-17(19)16-9-7-15(4)8-10-16/h7-10,14H,5-6,11-13H2,1-4H3. The minimum absolute atomic E-state index is 0.252. The van der Waals surface area contributed by atoms with E-state index in [0.29, 0.717) is 12.3 Å². The number of hydrogen-bond acceptors (Lipinski definition) is 2. The van der Waals surface area contributed by atoms with Crippen molar-refractivity contribution in [1.29, 1.82) is 0 Å². The van der Waals surface area contributed by atoms with Crippen LogP contribution in [0.4, 0.5) is 0 Å². The van der Waals surface area contributed by atoms with E-state index < -0.39 is 0 Å². The van der Waals surface area contributed by atoms with E-state index >= 15 is 0 Å². The molecular weight excluding hydrogens is 234 g/mol. The first-order valence-electron chi connectivity index (χ1n) is 7.39. The van der Waals surface area contributed by atoms with Gasteiger partial charge in [0.1, 0.15) is 0 Å². The molecule has 0 aromatic heterocycles. The predicted octanol–water partition coefficient (Wildman–Crippen LogP) is 3.94. The van der Waals surface area contributed by atoms with Gasteiger partial charge in [-0.3, -0.25) is 4.79 Å². The highest BCUT2D eigenvalue weighted by Crippen LogP contribution is 2.09. The van der Waals surface area contributed by atoms with Crippen LogP contribution in [0.25, 0.3) is 0 Å². The zero-order chi connectivity index (χ0) is 14.3. The molecule has 0 bridgehead atoms. The van der Waals surface area contributed by atoms with E-state index in [-0.39, 0.29) is 5.78 Å². The van der Waals surface area contributed by atoms with Crippen LogP contribution in [0.3, 0.4) is 0 Å². The Morgan fingerprint density at radius 2 is 1.84 bits per heavy atom. The summed E-state index contributed by atoms with van der Waals surface area (Å²) in [4.78, 5) is 14.5. The van der Waals surface area contributed by atoms with Crippen molar-refractivity contribution in [3.05, 3.63) is 35.4 Å². The van der Waals surface area contributed by atoms with Crippen molar-refractivity contribution >= 4 is 5.78 Å². The number of hydrogen-bond donors (Lipinski definition) is 0. The molecule has 0 radical (unpaired) electrons. The monoisotopic (exact) mass is 261 g/mol. The molecular formula is C17H27NO. The molecule has 0 aliphatic heterocycles. The first kappa shape index (κ1) is 15.9. The van der Waals surface area contributed by atoms with Gasteiger partial charge in [0, 0.05) is 25.1 Å². The molecule has 1 aromatic rings. The Bertz CT molecular complexity index is 383. The second kappa shape index (κ2) is 8.11. The maximum absolute atomic E-state index is 12.1. The maximum atomic E-state index is 12.1. The fraction of sp³-hybridized carbons (Fsp3) is 0.588. The summed E-state index contributed by atoms with van der Waals surface area (Å²) >= 11 is 0. The summed E-state index contributed by atoms with van der Waals surface area (Å²) in [6.45, 7) is 11.7. The predicted molar refractivity (Wildman–Crippen MR) is 81.7 cm³/mol. The molecule has 1 aromatic carbocycles. The van der Waals surface area contributed by atoms with Crippen molar-refractivity contribution in [3.63, 3.8) is 0 Å². The molecule has 106 valence electrons. The first-order chi connectivity index (χ1) is 9.06. The van der Waals surface area contributed by atoms with Crippen molar-refractivity contribution in [1.82, 2.24) is 4.90 Å². The van der Waals surface area contributed by atoms with Gasteiger partial charge in [0.05, 0.1) is 0 Å². The highest BCUT2D eigenvalue weighted by Gasteiger charge is 2.11. The Hall–Kier alpha value is -1.15. The lowest BCUT2D eigenvalue weighted by atomic mass is 10.1. The molecule has 0 saturated heterocycles. The van der Waals surface area contributed by atoms with Gasteiger partial charge in [-0.25, -0.2) is 0 Å². The summed E-state index contributed by atoms with van der Waals surface area (Å²) in [5, 5.41) is 0. The van der Waals surface area contributed by atoms with Crippen LogP contribution in [-0.2, 0) is 0 Å². The van der Waals surface area contributed by atoms with Gasteiger partial charge in [0.25, 0.3) is 0 Å². The third-order valence-electron chi connectivity index (χ3n) is 3.74. The molecule has 0 heterocycles. The lowest BCUT2D eigenvalue weighted by Gasteiger charge is -2.23. The molecule has 2 heteroatoms. The molecule has 0 fully saturated rings. The molecule has 19 heavy (non-hydrogen) atoms. The number of rotatable bonds is 8. The number of aryl methyl sites for hydroxylation is 1. The van der Waals surface area contributed by atoms with Crippen molar-refractivity contribution in [2.24, 2.45) is 5.92 Å². The number of nitrogens with zero attached hydrogens (tertiary/aromatic N) is 1. The van der Waals surface area contributed by atoms with Crippen molar-refractivity contribution in [2.45, 2.75) is 40.5 Å². The Labute approximate surface area is 117 Å². The molecule has 0 aliphatic carbocycles. The SMILES string of the molecule is CCC(C)CN(CC)CCC(=O)c1ccc(C)cc1. The molecule has 0 saturated carbocycles. The van der Waals surface area contributed by atoms with Crippen LogP contribution in [0, 0.1) is 12.8 Å². The largest absolute Gasteiger partial charge is 0.303 e. The fourth-order valence-electron chi connectivity index (χ4n) is 2.09. The summed E-state index contributed by atoms with van der Waals surface area (Å²) in [7, 11) is 0. The molecule has 2 nitrogen and oxygen atoms in total. The van der Waals surface area contributed by atoms with E-state index in [1.165, 1.54) is 12.0 Å². The van der Waals surface area contributed by atoms with Crippen LogP contribution in [0.5, 0.6) is 0 Å². The van der Waals surface area contributed by atoms with E-state index in [2.05, 4.69) is 25.7 Å². The second-order valence-corrected chi connectivity index (χ2v) is 5.45. The number of ketones is 1. The summed E-state index contributed by atoms with van der Waals surface area (Å²) in [5.41, 5.74) is 2.04. The van der Waals surface area contributed by atoms with Gasteiger partial charge in [-0.05, 0) is 19.4 Å². The Kier molecular flexibility index (Phi) is 6.79. The highest BCUT2D eigenvalue weighted by molar-refractivity contribution is 5.96. The zero-order valence-corrected chi connectivity index (χ0v) is 12.8. The molecule has 1 rings (SSSR count). The van der Waals surface area contributed by atoms with E-state index in [9.17, 15) is 4.79 Å². The normalized spacial score (nSPS) is 12.7.